The van der Waals surface area contributed by atoms with Crippen molar-refractivity contribution in [3.8, 4) is 0 Å². The molecule has 6 nitrogen and oxygen atoms in total. The normalized spacial score (nSPS) is 24.1. The molecular formula is C21H32N4O2S. The van der Waals surface area contributed by atoms with Crippen molar-refractivity contribution in [3.05, 3.63) is 22.4 Å². The summed E-state index contributed by atoms with van der Waals surface area (Å²) in [5.41, 5.74) is 0. The molecule has 154 valence electrons. The summed E-state index contributed by atoms with van der Waals surface area (Å²) in [6, 6.07) is 4.71. The van der Waals surface area contributed by atoms with Gasteiger partial charge in [0.1, 0.15) is 0 Å². The van der Waals surface area contributed by atoms with Gasteiger partial charge in [-0.15, -0.1) is 11.3 Å². The average Bonchev–Trinajstić information content (AvgIpc) is 3.39. The first-order chi connectivity index (χ1) is 13.7. The van der Waals surface area contributed by atoms with Crippen LogP contribution in [0.5, 0.6) is 0 Å². The van der Waals surface area contributed by atoms with Crippen molar-refractivity contribution < 1.29 is 9.59 Å². The summed E-state index contributed by atoms with van der Waals surface area (Å²) < 4.78 is 0. The number of piperidine rings is 2. The molecule has 2 saturated heterocycles. The van der Waals surface area contributed by atoms with Crippen molar-refractivity contribution in [2.24, 2.45) is 11.8 Å². The van der Waals surface area contributed by atoms with E-state index < -0.39 is 0 Å². The molecule has 3 fully saturated rings. The fourth-order valence-corrected chi connectivity index (χ4v) is 4.98. The highest BCUT2D eigenvalue weighted by atomic mass is 32.1. The highest BCUT2D eigenvalue weighted by Crippen LogP contribution is 2.23. The summed E-state index contributed by atoms with van der Waals surface area (Å²) in [6.07, 6.45) is 6.29. The second-order valence-corrected chi connectivity index (χ2v) is 9.59. The molecule has 0 bridgehead atoms. The fourth-order valence-electron chi connectivity index (χ4n) is 4.24. The number of likely N-dealkylation sites (tertiary alicyclic amines) is 2. The van der Waals surface area contributed by atoms with E-state index in [0.717, 1.165) is 71.2 Å². The first kappa shape index (κ1) is 19.7. The van der Waals surface area contributed by atoms with Crippen LogP contribution in [0, 0.1) is 11.8 Å². The van der Waals surface area contributed by atoms with Gasteiger partial charge < -0.3 is 15.5 Å². The Hall–Kier alpha value is -1.60. The molecule has 2 N–H and O–H groups in total. The minimum Gasteiger partial charge on any atom is -0.353 e. The molecule has 0 spiro atoms. The zero-order valence-corrected chi connectivity index (χ0v) is 17.4. The van der Waals surface area contributed by atoms with Crippen LogP contribution in [-0.2, 0) is 11.3 Å². The lowest BCUT2D eigenvalue weighted by Gasteiger charge is -2.34. The molecule has 3 amide bonds. The Kier molecular flexibility index (Phi) is 6.52. The Balaban J connectivity index is 1.15. The van der Waals surface area contributed by atoms with E-state index in [1.807, 2.05) is 16.2 Å². The maximum Gasteiger partial charge on any atom is 0.317 e. The number of urea groups is 1. The fraction of sp³-hybridized carbons (Fsp3) is 0.714. The monoisotopic (exact) mass is 404 g/mol. The van der Waals surface area contributed by atoms with E-state index >= 15 is 0 Å². The van der Waals surface area contributed by atoms with Crippen molar-refractivity contribution in [2.75, 3.05) is 32.7 Å². The maximum absolute atomic E-state index is 12.6. The van der Waals surface area contributed by atoms with E-state index in [1.165, 1.54) is 4.88 Å². The molecule has 0 radical (unpaired) electrons. The quantitative estimate of drug-likeness (QED) is 0.766. The molecule has 28 heavy (non-hydrogen) atoms. The lowest BCUT2D eigenvalue weighted by molar-refractivity contribution is -0.126. The van der Waals surface area contributed by atoms with E-state index in [4.69, 9.17) is 0 Å². The number of rotatable bonds is 6. The summed E-state index contributed by atoms with van der Waals surface area (Å²) in [7, 11) is 0. The van der Waals surface area contributed by atoms with Crippen LogP contribution in [-0.4, -0.2) is 60.5 Å². The summed E-state index contributed by atoms with van der Waals surface area (Å²) in [5.74, 6) is 0.654. The topological polar surface area (TPSA) is 64.7 Å². The summed E-state index contributed by atoms with van der Waals surface area (Å²) in [5, 5.41) is 8.36. The largest absolute Gasteiger partial charge is 0.353 e. The number of carbonyl (C=O) groups is 2. The minimum atomic E-state index is -0.0411. The highest BCUT2D eigenvalue weighted by Gasteiger charge is 2.32. The summed E-state index contributed by atoms with van der Waals surface area (Å²) in [4.78, 5) is 30.7. The Morgan fingerprint density at radius 3 is 2.64 bits per heavy atom. The third kappa shape index (κ3) is 5.47. The van der Waals surface area contributed by atoms with Crippen molar-refractivity contribution in [1.29, 1.82) is 0 Å². The van der Waals surface area contributed by atoms with E-state index in [0.29, 0.717) is 18.5 Å². The molecule has 1 saturated carbocycles. The number of hydrogen-bond donors (Lipinski definition) is 2. The van der Waals surface area contributed by atoms with Gasteiger partial charge in [-0.05, 0) is 69.0 Å². The first-order valence-corrected chi connectivity index (χ1v) is 11.6. The van der Waals surface area contributed by atoms with Gasteiger partial charge in [-0.25, -0.2) is 4.79 Å². The maximum atomic E-state index is 12.6. The number of nitrogens with one attached hydrogen (secondary N) is 2. The summed E-state index contributed by atoms with van der Waals surface area (Å²) in [6.45, 7) is 5.33. The minimum absolute atomic E-state index is 0.00457. The summed E-state index contributed by atoms with van der Waals surface area (Å²) >= 11 is 1.82. The Labute approximate surface area is 171 Å². The van der Waals surface area contributed by atoms with Gasteiger partial charge in [-0.1, -0.05) is 6.07 Å². The van der Waals surface area contributed by atoms with Gasteiger partial charge in [0.2, 0.25) is 5.91 Å². The predicted molar refractivity (Wildman–Crippen MR) is 111 cm³/mol. The number of amides is 3. The molecule has 1 aromatic rings. The molecule has 0 aromatic carbocycles. The van der Waals surface area contributed by atoms with Crippen LogP contribution in [0.15, 0.2) is 17.5 Å². The average molecular weight is 405 g/mol. The van der Waals surface area contributed by atoms with Gasteiger partial charge in [0, 0.05) is 37.1 Å². The Morgan fingerprint density at radius 2 is 1.93 bits per heavy atom. The molecule has 7 heteroatoms. The standard InChI is InChI=1S/C21H32N4O2S/c26-20(23-18-5-6-18)17-3-1-9-25(14-17)21(27)22-13-16-7-10-24(11-8-16)15-19-4-2-12-28-19/h2,4,12,16-18H,1,3,5-11,13-15H2,(H,22,27)(H,23,26). The number of hydrogen-bond acceptors (Lipinski definition) is 4. The third-order valence-corrected chi connectivity index (χ3v) is 7.07. The Morgan fingerprint density at radius 1 is 1.11 bits per heavy atom. The number of nitrogens with zero attached hydrogens (tertiary/aromatic N) is 2. The van der Waals surface area contributed by atoms with Crippen LogP contribution >= 0.6 is 11.3 Å². The van der Waals surface area contributed by atoms with Crippen molar-refractivity contribution in [2.45, 2.75) is 51.1 Å². The van der Waals surface area contributed by atoms with Gasteiger partial charge in [0.05, 0.1) is 5.92 Å². The number of carbonyl (C=O) groups excluding carboxylic acids is 2. The third-order valence-electron chi connectivity index (χ3n) is 6.21. The van der Waals surface area contributed by atoms with Crippen LogP contribution in [0.4, 0.5) is 4.79 Å². The van der Waals surface area contributed by atoms with Crippen LogP contribution in [0.1, 0.15) is 43.4 Å². The van der Waals surface area contributed by atoms with Crippen molar-refractivity contribution >= 4 is 23.3 Å². The van der Waals surface area contributed by atoms with Gasteiger partial charge in [-0.3, -0.25) is 9.69 Å². The van der Waals surface area contributed by atoms with Crippen molar-refractivity contribution in [3.63, 3.8) is 0 Å². The van der Waals surface area contributed by atoms with Crippen LogP contribution in [0.3, 0.4) is 0 Å². The number of thiophene rings is 1. The van der Waals surface area contributed by atoms with E-state index in [-0.39, 0.29) is 17.9 Å². The zero-order chi connectivity index (χ0) is 19.3. The lowest BCUT2D eigenvalue weighted by Crippen LogP contribution is -2.50. The zero-order valence-electron chi connectivity index (χ0n) is 16.6. The molecule has 3 aliphatic rings. The van der Waals surface area contributed by atoms with E-state index in [2.05, 4.69) is 33.0 Å². The predicted octanol–water partition coefficient (Wildman–Crippen LogP) is 2.66. The smallest absolute Gasteiger partial charge is 0.317 e. The first-order valence-electron chi connectivity index (χ1n) is 10.8. The molecule has 3 heterocycles. The highest BCUT2D eigenvalue weighted by molar-refractivity contribution is 7.09. The van der Waals surface area contributed by atoms with E-state index in [9.17, 15) is 9.59 Å². The molecule has 1 unspecified atom stereocenters. The lowest BCUT2D eigenvalue weighted by atomic mass is 9.96. The second kappa shape index (κ2) is 9.27. The van der Waals surface area contributed by atoms with Crippen LogP contribution in [0.25, 0.3) is 0 Å². The van der Waals surface area contributed by atoms with Gasteiger partial charge in [0.25, 0.3) is 0 Å². The molecular weight excluding hydrogens is 372 g/mol. The van der Waals surface area contributed by atoms with E-state index in [1.54, 1.807) is 0 Å². The molecule has 2 aliphatic heterocycles. The molecule has 1 aliphatic carbocycles. The molecule has 1 aromatic heterocycles. The van der Waals surface area contributed by atoms with Crippen molar-refractivity contribution in [1.82, 2.24) is 20.4 Å². The van der Waals surface area contributed by atoms with Crippen LogP contribution in [0.2, 0.25) is 0 Å². The molecule has 1 atom stereocenters. The van der Waals surface area contributed by atoms with Gasteiger partial charge in [0.15, 0.2) is 0 Å². The SMILES string of the molecule is O=C(NC1CC1)C1CCCN(C(=O)NCC2CCN(Cc3cccs3)CC2)C1. The van der Waals surface area contributed by atoms with Gasteiger partial charge >= 0.3 is 6.03 Å². The van der Waals surface area contributed by atoms with Crippen LogP contribution < -0.4 is 10.6 Å². The Bertz CT molecular complexity index is 653. The second-order valence-electron chi connectivity index (χ2n) is 8.55. The van der Waals surface area contributed by atoms with Gasteiger partial charge in [-0.2, -0.15) is 0 Å². The molecule has 4 rings (SSSR count).